The first-order valence-corrected chi connectivity index (χ1v) is 2.32. The van der Waals surface area contributed by atoms with Crippen LogP contribution in [0.3, 0.4) is 0 Å². The van der Waals surface area contributed by atoms with E-state index in [1.54, 1.807) is 0 Å². The van der Waals surface area contributed by atoms with Crippen molar-refractivity contribution in [2.24, 2.45) is 0 Å². The van der Waals surface area contributed by atoms with E-state index in [4.69, 9.17) is 0 Å². The summed E-state index contributed by atoms with van der Waals surface area (Å²) < 4.78 is 46.3. The summed E-state index contributed by atoms with van der Waals surface area (Å²) in [6.07, 6.45) is 0. The van der Waals surface area contributed by atoms with E-state index in [1.165, 1.54) is 0 Å². The minimum atomic E-state index is -3.81. The molecule has 0 nitrogen and oxygen atoms in total. The van der Waals surface area contributed by atoms with Crippen molar-refractivity contribution >= 4 is 11.6 Å². The normalized spacial score (nSPS) is 15.3. The predicted octanol–water partition coefficient (Wildman–Crippen LogP) is 2.99. The van der Waals surface area contributed by atoms with Gasteiger partial charge in [0.1, 0.15) is 0 Å². The van der Waals surface area contributed by atoms with Crippen molar-refractivity contribution < 1.29 is 17.6 Å². The molecule has 9 heavy (non-hydrogen) atoms. The Bertz CT molecular complexity index is 130. The van der Waals surface area contributed by atoms with Crippen molar-refractivity contribution in [1.82, 2.24) is 0 Å². The summed E-state index contributed by atoms with van der Waals surface area (Å²) in [6, 6.07) is 0. The average Bonchev–Trinajstić information content (AvgIpc) is 1.62. The molecule has 0 aromatic heterocycles. The Hall–Kier alpha value is -0.250. The van der Waals surface area contributed by atoms with Crippen molar-refractivity contribution in [2.75, 3.05) is 0 Å². The first-order chi connectivity index (χ1) is 3.85. The molecule has 0 aromatic rings. The van der Waals surface area contributed by atoms with Crippen molar-refractivity contribution in [3.63, 3.8) is 0 Å². The molecule has 0 aromatic carbocycles. The third-order valence-electron chi connectivity index (χ3n) is 0.551. The van der Waals surface area contributed by atoms with Gasteiger partial charge in [-0.2, -0.15) is 13.2 Å². The highest BCUT2D eigenvalue weighted by Crippen LogP contribution is 2.28. The summed E-state index contributed by atoms with van der Waals surface area (Å²) in [6.45, 7) is 0.213. The molecule has 0 N–H and O–H groups in total. The van der Waals surface area contributed by atoms with Crippen LogP contribution >= 0.6 is 11.6 Å². The summed E-state index contributed by atoms with van der Waals surface area (Å²) in [4.78, 5) is 0. The fourth-order valence-electron chi connectivity index (χ4n) is 0.166. The van der Waals surface area contributed by atoms with Crippen LogP contribution in [0.4, 0.5) is 17.6 Å². The molecule has 0 atom stereocenters. The summed E-state index contributed by atoms with van der Waals surface area (Å²) in [5, 5.41) is -2.00. The van der Waals surface area contributed by atoms with Crippen molar-refractivity contribution in [2.45, 2.75) is 12.8 Å². The Labute approximate surface area is 54.1 Å². The minimum absolute atomic E-state index is 0.213. The summed E-state index contributed by atoms with van der Waals surface area (Å²) in [5.41, 5.74) is 0. The van der Waals surface area contributed by atoms with Gasteiger partial charge in [0.25, 0.3) is 5.92 Å². The van der Waals surface area contributed by atoms with Gasteiger partial charge in [0.15, 0.2) is 0 Å². The van der Waals surface area contributed by atoms with Crippen LogP contribution < -0.4 is 0 Å². The van der Waals surface area contributed by atoms with Crippen LogP contribution in [-0.4, -0.2) is 5.92 Å². The molecular weight excluding hydrogens is 159 g/mol. The molecule has 0 radical (unpaired) electrons. The van der Waals surface area contributed by atoms with Crippen LogP contribution in [-0.2, 0) is 0 Å². The highest BCUT2D eigenvalue weighted by atomic mass is 35.5. The smallest absolute Gasteiger partial charge is 0.201 e. The maximum absolute atomic E-state index is 11.7. The third-order valence-corrected chi connectivity index (χ3v) is 0.717. The number of alkyl halides is 2. The van der Waals surface area contributed by atoms with Crippen LogP contribution in [0.25, 0.3) is 0 Å². The number of hydrogen-bond donors (Lipinski definition) is 0. The highest BCUT2D eigenvalue weighted by Gasteiger charge is 2.31. The van der Waals surface area contributed by atoms with Gasteiger partial charge in [0, 0.05) is 6.92 Å². The molecule has 0 fully saturated rings. The Morgan fingerprint density at radius 1 is 1.33 bits per heavy atom. The molecule has 0 heterocycles. The first kappa shape index (κ1) is 8.75. The third kappa shape index (κ3) is 2.70. The molecule has 0 saturated heterocycles. The molecule has 0 saturated carbocycles. The number of hydrogen-bond acceptors (Lipinski definition) is 0. The lowest BCUT2D eigenvalue weighted by molar-refractivity contribution is 0.0359. The zero-order valence-electron chi connectivity index (χ0n) is 4.39. The molecule has 0 aliphatic heterocycles. The molecule has 0 rings (SSSR count). The van der Waals surface area contributed by atoms with Crippen LogP contribution in [0.2, 0.25) is 0 Å². The fourth-order valence-corrected chi connectivity index (χ4v) is 0.332. The zero-order valence-corrected chi connectivity index (χ0v) is 5.15. The van der Waals surface area contributed by atoms with Gasteiger partial charge in [0.05, 0.1) is 0 Å². The molecule has 0 bridgehead atoms. The van der Waals surface area contributed by atoms with Crippen LogP contribution in [0.1, 0.15) is 6.92 Å². The van der Waals surface area contributed by atoms with Gasteiger partial charge in [-0.1, -0.05) is 0 Å². The lowest BCUT2D eigenvalue weighted by atomic mass is 10.4. The quantitative estimate of drug-likeness (QED) is 0.520. The molecule has 0 unspecified atom stereocenters. The second-order valence-corrected chi connectivity index (χ2v) is 1.79. The Kier molecular flexibility index (Phi) is 2.49. The number of halogens is 5. The van der Waals surface area contributed by atoms with Gasteiger partial charge in [-0.05, 0) is 11.6 Å². The lowest BCUT2D eigenvalue weighted by Crippen LogP contribution is -2.10. The van der Waals surface area contributed by atoms with Gasteiger partial charge in [0.2, 0.25) is 11.1 Å². The monoisotopic (exact) mass is 162 g/mol. The van der Waals surface area contributed by atoms with E-state index in [1.807, 2.05) is 0 Å². The van der Waals surface area contributed by atoms with Crippen molar-refractivity contribution in [3.05, 3.63) is 11.1 Å². The lowest BCUT2D eigenvalue weighted by Gasteiger charge is -2.04. The maximum Gasteiger partial charge on any atom is 0.299 e. The van der Waals surface area contributed by atoms with Gasteiger partial charge >= 0.3 is 0 Å². The number of rotatable bonds is 1. The SMILES string of the molecule is CC(F)(F)C(F)=C(F)Cl. The maximum atomic E-state index is 11.7. The van der Waals surface area contributed by atoms with E-state index in [0.29, 0.717) is 0 Å². The second-order valence-electron chi connectivity index (χ2n) is 1.46. The Morgan fingerprint density at radius 3 is 1.67 bits per heavy atom. The second kappa shape index (κ2) is 2.56. The fraction of sp³-hybridized carbons (Fsp3) is 0.500. The van der Waals surface area contributed by atoms with E-state index in [9.17, 15) is 17.6 Å². The average molecular weight is 163 g/mol. The molecule has 54 valence electrons. The molecular formula is C4H3ClF4. The largest absolute Gasteiger partial charge is 0.299 e. The molecule has 0 amide bonds. The predicted molar refractivity (Wildman–Crippen MR) is 25.7 cm³/mol. The topological polar surface area (TPSA) is 0 Å². The Balaban J connectivity index is 4.40. The standard InChI is InChI=1S/C4H3ClF4/c1-4(8,9)2(6)3(5)7/h1H3. The molecule has 0 spiro atoms. The van der Waals surface area contributed by atoms with Gasteiger partial charge in [-0.15, -0.1) is 0 Å². The summed E-state index contributed by atoms with van der Waals surface area (Å²) >= 11 is 4.27. The van der Waals surface area contributed by atoms with E-state index in [-0.39, 0.29) is 6.92 Å². The first-order valence-electron chi connectivity index (χ1n) is 1.94. The van der Waals surface area contributed by atoms with Gasteiger partial charge in [-0.3, -0.25) is 0 Å². The molecule has 0 aliphatic carbocycles. The summed E-state index contributed by atoms with van der Waals surface area (Å²) in [7, 11) is 0. The van der Waals surface area contributed by atoms with Crippen LogP contribution in [0, 0.1) is 0 Å². The zero-order chi connectivity index (χ0) is 7.65. The highest BCUT2D eigenvalue weighted by molar-refractivity contribution is 6.28. The van der Waals surface area contributed by atoms with Crippen LogP contribution in [0.15, 0.2) is 11.1 Å². The van der Waals surface area contributed by atoms with E-state index >= 15 is 0 Å². The van der Waals surface area contributed by atoms with E-state index in [2.05, 4.69) is 11.6 Å². The summed E-state index contributed by atoms with van der Waals surface area (Å²) in [5.74, 6) is -6.05. The molecule has 5 heteroatoms. The Morgan fingerprint density at radius 2 is 1.67 bits per heavy atom. The van der Waals surface area contributed by atoms with Gasteiger partial charge < -0.3 is 0 Å². The van der Waals surface area contributed by atoms with Crippen molar-refractivity contribution in [1.29, 1.82) is 0 Å². The van der Waals surface area contributed by atoms with E-state index in [0.717, 1.165) is 0 Å². The minimum Gasteiger partial charge on any atom is -0.201 e. The number of allylic oxidation sites excluding steroid dienone is 1. The van der Waals surface area contributed by atoms with Gasteiger partial charge in [-0.25, -0.2) is 4.39 Å². The van der Waals surface area contributed by atoms with E-state index < -0.39 is 17.0 Å². The van der Waals surface area contributed by atoms with Crippen molar-refractivity contribution in [3.8, 4) is 0 Å². The van der Waals surface area contributed by atoms with Crippen LogP contribution in [0.5, 0.6) is 0 Å². The molecule has 0 aliphatic rings.